The zero-order chi connectivity index (χ0) is 25.5. The van der Waals surface area contributed by atoms with Crippen molar-refractivity contribution in [3.05, 3.63) is 51.7 Å². The van der Waals surface area contributed by atoms with Crippen molar-refractivity contribution in [1.29, 1.82) is 0 Å². The van der Waals surface area contributed by atoms with Gasteiger partial charge in [0.25, 0.3) is 0 Å². The molecule has 0 radical (unpaired) electrons. The molecule has 3 N–H and O–H groups in total. The fourth-order valence-electron chi connectivity index (χ4n) is 3.10. The second kappa shape index (κ2) is 11.8. The number of carbonyl (C=O) groups is 3. The summed E-state index contributed by atoms with van der Waals surface area (Å²) in [6.45, 7) is 4.60. The molecule has 0 saturated heterocycles. The van der Waals surface area contributed by atoms with Crippen LogP contribution in [0, 0.1) is 6.92 Å². The molecule has 35 heavy (non-hydrogen) atoms. The Bertz CT molecular complexity index is 1240. The third-order valence-corrected chi connectivity index (χ3v) is 6.04. The van der Waals surface area contributed by atoms with Crippen LogP contribution in [0.3, 0.4) is 0 Å². The van der Waals surface area contributed by atoms with E-state index in [0.29, 0.717) is 15.9 Å². The molecule has 2 heterocycles. The van der Waals surface area contributed by atoms with E-state index in [1.54, 1.807) is 19.9 Å². The number of benzene rings is 1. The highest BCUT2D eigenvalue weighted by molar-refractivity contribution is 7.98. The number of carbonyl (C=O) groups excluding carboxylic acids is 3. The fourth-order valence-corrected chi connectivity index (χ4v) is 4.33. The van der Waals surface area contributed by atoms with Crippen molar-refractivity contribution >= 4 is 53.0 Å². The van der Waals surface area contributed by atoms with Crippen molar-refractivity contribution in [2.24, 2.45) is 0 Å². The van der Waals surface area contributed by atoms with E-state index in [-0.39, 0.29) is 48.5 Å². The number of nitrogen functional groups attached to an aromatic ring is 1. The number of ether oxygens (including phenoxy) is 2. The van der Waals surface area contributed by atoms with Crippen LogP contribution in [0.15, 0.2) is 33.8 Å². The molecular formula is C22H24ClN5O6S. The van der Waals surface area contributed by atoms with E-state index in [0.717, 1.165) is 5.56 Å². The zero-order valence-corrected chi connectivity index (χ0v) is 20.9. The fraction of sp³-hybridized carbons (Fsp3) is 0.318. The number of esters is 2. The highest BCUT2D eigenvalue weighted by atomic mass is 35.5. The van der Waals surface area contributed by atoms with Crippen molar-refractivity contribution in [3.8, 4) is 0 Å². The van der Waals surface area contributed by atoms with Gasteiger partial charge >= 0.3 is 11.9 Å². The lowest BCUT2D eigenvalue weighted by molar-refractivity contribution is -0.116. The molecule has 0 atom stereocenters. The summed E-state index contributed by atoms with van der Waals surface area (Å²) < 4.78 is 17.0. The predicted octanol–water partition coefficient (Wildman–Crippen LogP) is 3.70. The number of aryl methyl sites for hydroxylation is 1. The summed E-state index contributed by atoms with van der Waals surface area (Å²) in [4.78, 5) is 37.8. The molecule has 0 fully saturated rings. The number of aromatic nitrogens is 3. The molecular weight excluding hydrogens is 498 g/mol. The van der Waals surface area contributed by atoms with Gasteiger partial charge in [0.2, 0.25) is 17.7 Å². The van der Waals surface area contributed by atoms with Gasteiger partial charge in [-0.05, 0) is 32.4 Å². The standard InChI is InChI=1S/C22H24ClN5O6S/c1-4-32-19(30)16-12(3)34-18(17(16)20(31)33-5-2)25-15(29)10-28-21(24)26-27-22(28)35-11-13-8-6-7-9-14(13)23/h6-9H,4-5,10-11H2,1-3H3,(H2,24,26)(H,25,29). The van der Waals surface area contributed by atoms with E-state index in [4.69, 9.17) is 31.2 Å². The number of nitrogens with one attached hydrogen (secondary N) is 1. The Morgan fingerprint density at radius 2 is 1.77 bits per heavy atom. The number of amides is 1. The smallest absolute Gasteiger partial charge is 0.344 e. The third kappa shape index (κ3) is 6.14. The zero-order valence-electron chi connectivity index (χ0n) is 19.3. The molecule has 0 aliphatic heterocycles. The van der Waals surface area contributed by atoms with Crippen LogP contribution < -0.4 is 11.1 Å². The van der Waals surface area contributed by atoms with Crippen LogP contribution in [0.1, 0.15) is 45.9 Å². The van der Waals surface area contributed by atoms with Gasteiger partial charge in [0, 0.05) is 10.8 Å². The Kier molecular flexibility index (Phi) is 8.77. The van der Waals surface area contributed by atoms with E-state index in [9.17, 15) is 14.4 Å². The summed E-state index contributed by atoms with van der Waals surface area (Å²) >= 11 is 7.50. The molecule has 2 aromatic heterocycles. The Morgan fingerprint density at radius 1 is 1.11 bits per heavy atom. The van der Waals surface area contributed by atoms with Crippen LogP contribution in [0.5, 0.6) is 0 Å². The Morgan fingerprint density at radius 3 is 2.43 bits per heavy atom. The number of hydrogen-bond donors (Lipinski definition) is 2. The van der Waals surface area contributed by atoms with Crippen LogP contribution in [-0.4, -0.2) is 45.8 Å². The first-order valence-electron chi connectivity index (χ1n) is 10.6. The minimum atomic E-state index is -0.831. The maximum atomic E-state index is 12.9. The SMILES string of the molecule is CCOC(=O)c1c(C)oc(NC(=O)Cn2c(N)nnc2SCc2ccccc2Cl)c1C(=O)OCC. The molecule has 13 heteroatoms. The molecule has 0 aliphatic rings. The Labute approximate surface area is 210 Å². The number of furan rings is 1. The monoisotopic (exact) mass is 521 g/mol. The van der Waals surface area contributed by atoms with Crippen molar-refractivity contribution in [3.63, 3.8) is 0 Å². The average Bonchev–Trinajstić information content (AvgIpc) is 3.32. The van der Waals surface area contributed by atoms with Crippen LogP contribution in [-0.2, 0) is 26.6 Å². The Hall–Kier alpha value is -3.51. The van der Waals surface area contributed by atoms with Gasteiger partial charge in [-0.3, -0.25) is 14.7 Å². The summed E-state index contributed by atoms with van der Waals surface area (Å²) in [6.07, 6.45) is 0. The third-order valence-electron chi connectivity index (χ3n) is 4.66. The van der Waals surface area contributed by atoms with E-state index >= 15 is 0 Å². The van der Waals surface area contributed by atoms with E-state index < -0.39 is 17.8 Å². The molecule has 3 aromatic rings. The number of nitrogens with two attached hydrogens (primary N) is 1. The van der Waals surface area contributed by atoms with Crippen molar-refractivity contribution in [1.82, 2.24) is 14.8 Å². The first-order chi connectivity index (χ1) is 16.8. The van der Waals surface area contributed by atoms with Crippen molar-refractivity contribution < 1.29 is 28.3 Å². The molecule has 0 saturated carbocycles. The molecule has 0 bridgehead atoms. The quantitative estimate of drug-likeness (QED) is 0.298. The first-order valence-corrected chi connectivity index (χ1v) is 11.9. The molecule has 0 unspecified atom stereocenters. The number of anilines is 2. The first kappa shape index (κ1) is 26.1. The minimum Gasteiger partial charge on any atom is -0.462 e. The lowest BCUT2D eigenvalue weighted by Crippen LogP contribution is -2.22. The highest BCUT2D eigenvalue weighted by Gasteiger charge is 2.31. The number of hydrogen-bond acceptors (Lipinski definition) is 10. The van der Waals surface area contributed by atoms with Crippen LogP contribution in [0.25, 0.3) is 0 Å². The summed E-state index contributed by atoms with van der Waals surface area (Å²) in [5.74, 6) is -1.82. The van der Waals surface area contributed by atoms with Crippen LogP contribution in [0.2, 0.25) is 5.02 Å². The maximum absolute atomic E-state index is 12.9. The van der Waals surface area contributed by atoms with Gasteiger partial charge in [0.15, 0.2) is 5.16 Å². The van der Waals surface area contributed by atoms with E-state index in [2.05, 4.69) is 15.5 Å². The molecule has 1 aromatic carbocycles. The second-order valence-corrected chi connectivity index (χ2v) is 8.38. The summed E-state index contributed by atoms with van der Waals surface area (Å²) in [6, 6.07) is 7.35. The van der Waals surface area contributed by atoms with E-state index in [1.807, 2.05) is 18.2 Å². The number of thioether (sulfide) groups is 1. The van der Waals surface area contributed by atoms with Gasteiger partial charge in [0.05, 0.1) is 13.2 Å². The maximum Gasteiger partial charge on any atom is 0.344 e. The largest absolute Gasteiger partial charge is 0.462 e. The second-order valence-electron chi connectivity index (χ2n) is 7.03. The lowest BCUT2D eigenvalue weighted by Gasteiger charge is -2.09. The molecule has 0 spiro atoms. The molecule has 11 nitrogen and oxygen atoms in total. The highest BCUT2D eigenvalue weighted by Crippen LogP contribution is 2.30. The summed E-state index contributed by atoms with van der Waals surface area (Å²) in [5, 5.41) is 11.4. The summed E-state index contributed by atoms with van der Waals surface area (Å²) in [7, 11) is 0. The van der Waals surface area contributed by atoms with Gasteiger partial charge < -0.3 is 19.6 Å². The number of halogens is 1. The lowest BCUT2D eigenvalue weighted by atomic mass is 10.1. The normalized spacial score (nSPS) is 10.7. The van der Waals surface area contributed by atoms with Gasteiger partial charge in [-0.2, -0.15) is 0 Å². The number of rotatable bonds is 10. The molecule has 0 aliphatic carbocycles. The Balaban J connectivity index is 1.81. The summed E-state index contributed by atoms with van der Waals surface area (Å²) in [5.41, 5.74) is 6.46. The predicted molar refractivity (Wildman–Crippen MR) is 129 cm³/mol. The topological polar surface area (TPSA) is 152 Å². The van der Waals surface area contributed by atoms with E-state index in [1.165, 1.54) is 23.3 Å². The van der Waals surface area contributed by atoms with Crippen LogP contribution in [0.4, 0.5) is 11.8 Å². The van der Waals surface area contributed by atoms with Crippen molar-refractivity contribution in [2.75, 3.05) is 24.3 Å². The van der Waals surface area contributed by atoms with Gasteiger partial charge in [-0.15, -0.1) is 10.2 Å². The minimum absolute atomic E-state index is 0.0234. The molecule has 1 amide bonds. The van der Waals surface area contributed by atoms with Gasteiger partial charge in [-0.25, -0.2) is 9.59 Å². The van der Waals surface area contributed by atoms with Gasteiger partial charge in [0.1, 0.15) is 23.4 Å². The van der Waals surface area contributed by atoms with Crippen molar-refractivity contribution in [2.45, 2.75) is 38.2 Å². The van der Waals surface area contributed by atoms with Crippen LogP contribution >= 0.6 is 23.4 Å². The molecule has 186 valence electrons. The van der Waals surface area contributed by atoms with Gasteiger partial charge in [-0.1, -0.05) is 41.6 Å². The number of nitrogens with zero attached hydrogens (tertiary/aromatic N) is 3. The average molecular weight is 522 g/mol. The molecule has 3 rings (SSSR count).